The summed E-state index contributed by atoms with van der Waals surface area (Å²) < 4.78 is 10.7. The zero-order chi connectivity index (χ0) is 16.5. The molecule has 1 aliphatic carbocycles. The van der Waals surface area contributed by atoms with Crippen molar-refractivity contribution in [2.75, 3.05) is 19.6 Å². The molecule has 1 heterocycles. The van der Waals surface area contributed by atoms with Crippen LogP contribution in [0, 0.1) is 0 Å². The summed E-state index contributed by atoms with van der Waals surface area (Å²) in [7, 11) is 3.29. The van der Waals surface area contributed by atoms with Gasteiger partial charge < -0.3 is 9.47 Å². The van der Waals surface area contributed by atoms with E-state index in [0.717, 1.165) is 29.2 Å². The number of nitrogens with one attached hydrogen (secondary N) is 1. The Morgan fingerprint density at radius 2 is 1.75 bits per heavy atom. The minimum absolute atomic E-state index is 0.702. The van der Waals surface area contributed by atoms with E-state index in [9.17, 15) is 0 Å². The van der Waals surface area contributed by atoms with Gasteiger partial charge in [-0.25, -0.2) is 4.99 Å². The smallest absolute Gasteiger partial charge is 0.162 e. The predicted molar refractivity (Wildman–Crippen MR) is 95.3 cm³/mol. The van der Waals surface area contributed by atoms with Crippen molar-refractivity contribution in [3.05, 3.63) is 47.0 Å². The summed E-state index contributed by atoms with van der Waals surface area (Å²) in [6, 6.07) is 10.5. The zero-order valence-electron chi connectivity index (χ0n) is 14.0. The number of benzene rings is 2. The van der Waals surface area contributed by atoms with Gasteiger partial charge in [0.1, 0.15) is 6.34 Å². The SMILES string of the molecule is COc1cc2c(cc1OC)N=CN(Nc1ccc3c(c1)CCC3)C2. The minimum atomic E-state index is 0.702. The van der Waals surface area contributed by atoms with Gasteiger partial charge in [0, 0.05) is 11.6 Å². The third-order valence-electron chi connectivity index (χ3n) is 4.63. The summed E-state index contributed by atoms with van der Waals surface area (Å²) in [5.74, 6) is 1.43. The fourth-order valence-electron chi connectivity index (χ4n) is 3.39. The van der Waals surface area contributed by atoms with E-state index in [1.165, 1.54) is 30.4 Å². The Morgan fingerprint density at radius 3 is 2.58 bits per heavy atom. The van der Waals surface area contributed by atoms with Crippen molar-refractivity contribution >= 4 is 17.7 Å². The number of ether oxygens (including phenoxy) is 2. The Bertz CT molecular complexity index is 801. The van der Waals surface area contributed by atoms with Gasteiger partial charge in [-0.3, -0.25) is 10.4 Å². The van der Waals surface area contributed by atoms with Gasteiger partial charge in [0.15, 0.2) is 11.5 Å². The molecule has 0 aromatic heterocycles. The summed E-state index contributed by atoms with van der Waals surface area (Å²) in [5, 5.41) is 1.99. The van der Waals surface area contributed by atoms with Crippen LogP contribution in [0.15, 0.2) is 35.3 Å². The highest BCUT2D eigenvalue weighted by Crippen LogP contribution is 2.36. The molecule has 0 fully saturated rings. The average molecular weight is 323 g/mol. The van der Waals surface area contributed by atoms with Crippen molar-refractivity contribution in [2.45, 2.75) is 25.8 Å². The lowest BCUT2D eigenvalue weighted by molar-refractivity contribution is 0.354. The Labute approximate surface area is 141 Å². The third kappa shape index (κ3) is 2.66. The van der Waals surface area contributed by atoms with Crippen LogP contribution in [0.2, 0.25) is 0 Å². The molecule has 0 spiro atoms. The molecule has 0 atom stereocenters. The lowest BCUT2D eigenvalue weighted by atomic mass is 10.1. The summed E-state index contributed by atoms with van der Waals surface area (Å²) in [6.45, 7) is 0.719. The molecular formula is C19H21N3O2. The molecule has 0 saturated heterocycles. The second-order valence-electron chi connectivity index (χ2n) is 6.16. The molecule has 24 heavy (non-hydrogen) atoms. The van der Waals surface area contributed by atoms with Gasteiger partial charge in [-0.2, -0.15) is 0 Å². The first-order valence-electron chi connectivity index (χ1n) is 8.21. The number of rotatable bonds is 4. The molecule has 2 aromatic rings. The van der Waals surface area contributed by atoms with Crippen LogP contribution in [0.4, 0.5) is 11.4 Å². The molecule has 124 valence electrons. The van der Waals surface area contributed by atoms with Gasteiger partial charge in [0.05, 0.1) is 32.1 Å². The van der Waals surface area contributed by atoms with E-state index in [0.29, 0.717) is 5.75 Å². The quantitative estimate of drug-likeness (QED) is 0.932. The largest absolute Gasteiger partial charge is 0.493 e. The van der Waals surface area contributed by atoms with Crippen LogP contribution in [0.3, 0.4) is 0 Å². The zero-order valence-corrected chi connectivity index (χ0v) is 14.0. The molecule has 0 bridgehead atoms. The minimum Gasteiger partial charge on any atom is -0.493 e. The van der Waals surface area contributed by atoms with Gasteiger partial charge in [0.2, 0.25) is 0 Å². The topological polar surface area (TPSA) is 46.1 Å². The number of methoxy groups -OCH3 is 2. The first kappa shape index (κ1) is 14.9. The third-order valence-corrected chi connectivity index (χ3v) is 4.63. The monoisotopic (exact) mass is 323 g/mol. The maximum absolute atomic E-state index is 5.39. The predicted octanol–water partition coefficient (Wildman–Crippen LogP) is 3.70. The van der Waals surface area contributed by atoms with E-state index in [4.69, 9.17) is 9.47 Å². The van der Waals surface area contributed by atoms with Gasteiger partial charge in [-0.1, -0.05) is 6.07 Å². The fraction of sp³-hybridized carbons (Fsp3) is 0.316. The van der Waals surface area contributed by atoms with Crippen molar-refractivity contribution in [3.8, 4) is 11.5 Å². The standard InChI is InChI=1S/C19H21N3O2/c1-23-18-9-15-11-22(12-20-17(15)10-19(18)24-2)21-16-7-6-13-4-3-5-14(13)8-16/h6-10,12,21H,3-5,11H2,1-2H3. The Kier molecular flexibility index (Phi) is 3.76. The molecule has 1 aliphatic heterocycles. The van der Waals surface area contributed by atoms with E-state index in [-0.39, 0.29) is 0 Å². The van der Waals surface area contributed by atoms with Crippen LogP contribution >= 0.6 is 0 Å². The Morgan fingerprint density at radius 1 is 0.958 bits per heavy atom. The molecular weight excluding hydrogens is 302 g/mol. The molecule has 5 nitrogen and oxygen atoms in total. The van der Waals surface area contributed by atoms with E-state index < -0.39 is 0 Å². The molecule has 0 saturated carbocycles. The number of hydrazine groups is 1. The first-order chi connectivity index (χ1) is 11.8. The van der Waals surface area contributed by atoms with Crippen molar-refractivity contribution in [2.24, 2.45) is 4.99 Å². The lowest BCUT2D eigenvalue weighted by Crippen LogP contribution is -2.29. The lowest BCUT2D eigenvalue weighted by Gasteiger charge is -2.26. The number of fused-ring (bicyclic) bond motifs is 2. The van der Waals surface area contributed by atoms with Gasteiger partial charge >= 0.3 is 0 Å². The maximum atomic E-state index is 5.39. The van der Waals surface area contributed by atoms with E-state index in [1.54, 1.807) is 14.2 Å². The Hall–Kier alpha value is -2.69. The Balaban J connectivity index is 1.54. The van der Waals surface area contributed by atoms with Gasteiger partial charge in [-0.05, 0) is 48.6 Å². The highest BCUT2D eigenvalue weighted by Gasteiger charge is 2.17. The van der Waals surface area contributed by atoms with Gasteiger partial charge in [0.25, 0.3) is 0 Å². The number of aryl methyl sites for hydroxylation is 2. The number of aliphatic imine (C=N–C) groups is 1. The maximum Gasteiger partial charge on any atom is 0.162 e. The normalized spacial score (nSPS) is 15.0. The summed E-state index contributed by atoms with van der Waals surface area (Å²) in [5.41, 5.74) is 9.49. The molecule has 2 aromatic carbocycles. The second kappa shape index (κ2) is 6.07. The fourth-order valence-corrected chi connectivity index (χ4v) is 3.39. The summed E-state index contributed by atoms with van der Waals surface area (Å²) in [4.78, 5) is 4.53. The average Bonchev–Trinajstić information content (AvgIpc) is 3.08. The van der Waals surface area contributed by atoms with Crippen LogP contribution < -0.4 is 14.9 Å². The first-order valence-corrected chi connectivity index (χ1v) is 8.21. The number of nitrogens with zero attached hydrogens (tertiary/aromatic N) is 2. The van der Waals surface area contributed by atoms with Crippen LogP contribution in [-0.4, -0.2) is 25.6 Å². The van der Waals surface area contributed by atoms with Crippen molar-refractivity contribution in [3.63, 3.8) is 0 Å². The molecule has 0 radical (unpaired) electrons. The molecule has 0 amide bonds. The molecule has 1 N–H and O–H groups in total. The van der Waals surface area contributed by atoms with Crippen LogP contribution in [0.1, 0.15) is 23.1 Å². The summed E-state index contributed by atoms with van der Waals surface area (Å²) in [6.07, 6.45) is 5.47. The van der Waals surface area contributed by atoms with Crippen molar-refractivity contribution in [1.82, 2.24) is 5.01 Å². The van der Waals surface area contributed by atoms with Crippen molar-refractivity contribution < 1.29 is 9.47 Å². The summed E-state index contributed by atoms with van der Waals surface area (Å²) >= 11 is 0. The van der Waals surface area contributed by atoms with E-state index in [2.05, 4.69) is 28.6 Å². The highest BCUT2D eigenvalue weighted by atomic mass is 16.5. The van der Waals surface area contributed by atoms with Crippen LogP contribution in [0.5, 0.6) is 11.5 Å². The number of hydrogen-bond acceptors (Lipinski definition) is 5. The highest BCUT2D eigenvalue weighted by molar-refractivity contribution is 5.71. The molecule has 2 aliphatic rings. The van der Waals surface area contributed by atoms with E-state index >= 15 is 0 Å². The van der Waals surface area contributed by atoms with Crippen molar-refractivity contribution in [1.29, 1.82) is 0 Å². The second-order valence-corrected chi connectivity index (χ2v) is 6.16. The van der Waals surface area contributed by atoms with Crippen LogP contribution in [0.25, 0.3) is 0 Å². The van der Waals surface area contributed by atoms with Gasteiger partial charge in [-0.15, -0.1) is 0 Å². The van der Waals surface area contributed by atoms with Crippen LogP contribution in [-0.2, 0) is 19.4 Å². The molecule has 0 unspecified atom stereocenters. The molecule has 4 rings (SSSR count). The number of anilines is 1. The number of hydrogen-bond donors (Lipinski definition) is 1. The van der Waals surface area contributed by atoms with E-state index in [1.807, 2.05) is 23.5 Å². The molecule has 5 heteroatoms.